The van der Waals surface area contributed by atoms with Crippen LogP contribution >= 0.6 is 0 Å². The highest BCUT2D eigenvalue weighted by molar-refractivity contribution is 5.78. The molecule has 2 aromatic heterocycles. The van der Waals surface area contributed by atoms with Crippen LogP contribution in [0.4, 0.5) is 0 Å². The van der Waals surface area contributed by atoms with Crippen LogP contribution in [0.5, 0.6) is 0 Å². The highest BCUT2D eigenvalue weighted by atomic mass is 16.5. The standard InChI is InChI=1S/C19H18N4O2/c1-13-5-4-6-14(11-13)12-23-16(8-9-17(23)24)19-21-18(22-25-19)15-7-2-3-10-20-15/h2-7,10-11,16H,8-9,12H2,1H3. The van der Waals surface area contributed by atoms with Crippen molar-refractivity contribution in [1.82, 2.24) is 20.0 Å². The first kappa shape index (κ1) is 15.5. The molecule has 0 saturated carbocycles. The first-order valence-electron chi connectivity index (χ1n) is 8.31. The minimum atomic E-state index is -0.182. The van der Waals surface area contributed by atoms with Gasteiger partial charge >= 0.3 is 0 Å². The van der Waals surface area contributed by atoms with Gasteiger partial charge in [0.2, 0.25) is 17.6 Å². The molecule has 126 valence electrons. The summed E-state index contributed by atoms with van der Waals surface area (Å²) in [5, 5.41) is 4.03. The Balaban J connectivity index is 1.59. The number of amides is 1. The Bertz CT molecular complexity index is 891. The van der Waals surface area contributed by atoms with Crippen LogP contribution in [0.1, 0.15) is 35.9 Å². The van der Waals surface area contributed by atoms with Crippen LogP contribution in [0, 0.1) is 6.92 Å². The summed E-state index contributed by atoms with van der Waals surface area (Å²) in [6, 6.07) is 13.5. The van der Waals surface area contributed by atoms with Gasteiger partial charge in [0.05, 0.1) is 0 Å². The maximum absolute atomic E-state index is 12.3. The molecule has 0 spiro atoms. The number of carbonyl (C=O) groups excluding carboxylic acids is 1. The van der Waals surface area contributed by atoms with Gasteiger partial charge in [0.25, 0.3) is 0 Å². The maximum atomic E-state index is 12.3. The van der Waals surface area contributed by atoms with Gasteiger partial charge in [-0.05, 0) is 31.0 Å². The highest BCUT2D eigenvalue weighted by Gasteiger charge is 2.36. The molecule has 3 heterocycles. The maximum Gasteiger partial charge on any atom is 0.249 e. The van der Waals surface area contributed by atoms with E-state index in [1.165, 1.54) is 5.56 Å². The van der Waals surface area contributed by atoms with Gasteiger partial charge in [-0.1, -0.05) is 41.1 Å². The molecule has 1 saturated heterocycles. The summed E-state index contributed by atoms with van der Waals surface area (Å²) in [5.41, 5.74) is 2.94. The number of pyridine rings is 1. The van der Waals surface area contributed by atoms with E-state index in [1.54, 1.807) is 6.20 Å². The van der Waals surface area contributed by atoms with Gasteiger partial charge < -0.3 is 9.42 Å². The Hall–Kier alpha value is -3.02. The van der Waals surface area contributed by atoms with E-state index in [4.69, 9.17) is 4.52 Å². The third-order valence-electron chi connectivity index (χ3n) is 4.38. The van der Waals surface area contributed by atoms with Crippen LogP contribution in [0.25, 0.3) is 11.5 Å². The van der Waals surface area contributed by atoms with E-state index in [2.05, 4.69) is 21.2 Å². The second kappa shape index (κ2) is 6.47. The summed E-state index contributed by atoms with van der Waals surface area (Å²) in [7, 11) is 0. The van der Waals surface area contributed by atoms with Crippen molar-refractivity contribution in [2.24, 2.45) is 0 Å². The molecular formula is C19H18N4O2. The Morgan fingerprint density at radius 2 is 2.16 bits per heavy atom. The molecule has 1 fully saturated rings. The zero-order valence-electron chi connectivity index (χ0n) is 13.9. The molecule has 0 N–H and O–H groups in total. The number of nitrogens with zero attached hydrogens (tertiary/aromatic N) is 4. The first-order chi connectivity index (χ1) is 12.2. The van der Waals surface area contributed by atoms with Crippen molar-refractivity contribution in [2.75, 3.05) is 0 Å². The molecule has 6 heteroatoms. The number of hydrogen-bond acceptors (Lipinski definition) is 5. The lowest BCUT2D eigenvalue weighted by atomic mass is 10.1. The number of carbonyl (C=O) groups is 1. The number of aromatic nitrogens is 3. The van der Waals surface area contributed by atoms with E-state index in [0.29, 0.717) is 36.8 Å². The SMILES string of the molecule is Cc1cccc(CN2C(=O)CCC2c2nc(-c3ccccn3)no2)c1. The lowest BCUT2D eigenvalue weighted by Crippen LogP contribution is -2.27. The quantitative estimate of drug-likeness (QED) is 0.732. The van der Waals surface area contributed by atoms with E-state index in [9.17, 15) is 4.79 Å². The summed E-state index contributed by atoms with van der Waals surface area (Å²) in [6.07, 6.45) is 2.88. The number of hydrogen-bond donors (Lipinski definition) is 0. The molecule has 1 amide bonds. The summed E-state index contributed by atoms with van der Waals surface area (Å²) < 4.78 is 5.45. The van der Waals surface area contributed by atoms with Gasteiger partial charge in [-0.25, -0.2) is 0 Å². The fourth-order valence-electron chi connectivity index (χ4n) is 3.17. The minimum absolute atomic E-state index is 0.115. The van der Waals surface area contributed by atoms with E-state index >= 15 is 0 Å². The molecule has 1 unspecified atom stereocenters. The van der Waals surface area contributed by atoms with Crippen LogP contribution in [-0.4, -0.2) is 25.9 Å². The van der Waals surface area contributed by atoms with Gasteiger partial charge in [0.1, 0.15) is 11.7 Å². The van der Waals surface area contributed by atoms with Crippen molar-refractivity contribution in [3.63, 3.8) is 0 Å². The third kappa shape index (κ3) is 3.15. The minimum Gasteiger partial charge on any atom is -0.337 e. The Morgan fingerprint density at radius 1 is 1.24 bits per heavy atom. The van der Waals surface area contributed by atoms with Crippen molar-refractivity contribution in [1.29, 1.82) is 0 Å². The largest absolute Gasteiger partial charge is 0.337 e. The predicted octanol–water partition coefficient (Wildman–Crippen LogP) is 3.30. The molecule has 4 rings (SSSR count). The second-order valence-corrected chi connectivity index (χ2v) is 6.24. The molecule has 1 atom stereocenters. The first-order valence-corrected chi connectivity index (χ1v) is 8.31. The number of rotatable bonds is 4. The van der Waals surface area contributed by atoms with Gasteiger partial charge in [0, 0.05) is 19.2 Å². The third-order valence-corrected chi connectivity index (χ3v) is 4.38. The molecule has 1 aromatic carbocycles. The summed E-state index contributed by atoms with van der Waals surface area (Å²) in [6.45, 7) is 2.59. The second-order valence-electron chi connectivity index (χ2n) is 6.24. The molecule has 0 bridgehead atoms. The van der Waals surface area contributed by atoms with Crippen LogP contribution in [0.2, 0.25) is 0 Å². The molecule has 0 aliphatic carbocycles. The molecule has 1 aliphatic heterocycles. The van der Waals surface area contributed by atoms with E-state index < -0.39 is 0 Å². The van der Waals surface area contributed by atoms with Crippen LogP contribution in [0.3, 0.4) is 0 Å². The fraction of sp³-hybridized carbons (Fsp3) is 0.263. The number of benzene rings is 1. The van der Waals surface area contributed by atoms with E-state index in [1.807, 2.05) is 48.2 Å². The molecule has 1 aliphatic rings. The van der Waals surface area contributed by atoms with Gasteiger partial charge in [-0.15, -0.1) is 0 Å². The zero-order chi connectivity index (χ0) is 17.2. The van der Waals surface area contributed by atoms with E-state index in [0.717, 1.165) is 5.56 Å². The topological polar surface area (TPSA) is 72.1 Å². The lowest BCUT2D eigenvalue weighted by Gasteiger charge is -2.22. The van der Waals surface area contributed by atoms with Crippen molar-refractivity contribution >= 4 is 5.91 Å². The summed E-state index contributed by atoms with van der Waals surface area (Å²) >= 11 is 0. The Labute approximate surface area is 145 Å². The highest BCUT2D eigenvalue weighted by Crippen LogP contribution is 2.34. The summed E-state index contributed by atoms with van der Waals surface area (Å²) in [4.78, 5) is 22.9. The van der Waals surface area contributed by atoms with Gasteiger partial charge in [-0.3, -0.25) is 9.78 Å². The molecular weight excluding hydrogens is 316 g/mol. The van der Waals surface area contributed by atoms with Crippen molar-refractivity contribution in [3.05, 3.63) is 65.7 Å². The fourth-order valence-corrected chi connectivity index (χ4v) is 3.17. The Morgan fingerprint density at radius 3 is 2.96 bits per heavy atom. The lowest BCUT2D eigenvalue weighted by molar-refractivity contribution is -0.129. The van der Waals surface area contributed by atoms with Gasteiger partial charge in [-0.2, -0.15) is 4.98 Å². The Kier molecular flexibility index (Phi) is 4.01. The molecule has 3 aromatic rings. The summed E-state index contributed by atoms with van der Waals surface area (Å²) in [5.74, 6) is 1.04. The van der Waals surface area contributed by atoms with Crippen LogP contribution < -0.4 is 0 Å². The molecule has 25 heavy (non-hydrogen) atoms. The predicted molar refractivity (Wildman–Crippen MR) is 91.2 cm³/mol. The molecule has 0 radical (unpaired) electrons. The van der Waals surface area contributed by atoms with Crippen molar-refractivity contribution < 1.29 is 9.32 Å². The van der Waals surface area contributed by atoms with E-state index in [-0.39, 0.29) is 11.9 Å². The van der Waals surface area contributed by atoms with Crippen LogP contribution in [0.15, 0.2) is 53.2 Å². The molecule has 6 nitrogen and oxygen atoms in total. The number of likely N-dealkylation sites (tertiary alicyclic amines) is 1. The normalized spacial score (nSPS) is 17.2. The number of aryl methyl sites for hydroxylation is 1. The smallest absolute Gasteiger partial charge is 0.249 e. The zero-order valence-corrected chi connectivity index (χ0v) is 13.9. The van der Waals surface area contributed by atoms with Crippen molar-refractivity contribution in [2.45, 2.75) is 32.4 Å². The van der Waals surface area contributed by atoms with Crippen LogP contribution in [-0.2, 0) is 11.3 Å². The average Bonchev–Trinajstić information content (AvgIpc) is 3.24. The van der Waals surface area contributed by atoms with Crippen molar-refractivity contribution in [3.8, 4) is 11.5 Å². The average molecular weight is 334 g/mol. The monoisotopic (exact) mass is 334 g/mol. The van der Waals surface area contributed by atoms with Gasteiger partial charge in [0.15, 0.2) is 0 Å².